The quantitative estimate of drug-likeness (QED) is 0.319. The fourth-order valence-corrected chi connectivity index (χ4v) is 4.86. The lowest BCUT2D eigenvalue weighted by atomic mass is 10.1. The zero-order valence-corrected chi connectivity index (χ0v) is 15.8. The van der Waals surface area contributed by atoms with Crippen molar-refractivity contribution in [1.82, 2.24) is 0 Å². The summed E-state index contributed by atoms with van der Waals surface area (Å²) in [6, 6.07) is 2.85. The molecule has 0 aliphatic carbocycles. The van der Waals surface area contributed by atoms with Gasteiger partial charge < -0.3 is 13.3 Å². The highest BCUT2D eigenvalue weighted by molar-refractivity contribution is 6.60. The van der Waals surface area contributed by atoms with E-state index in [0.717, 1.165) is 43.9 Å². The number of hydrogen-bond donors (Lipinski definition) is 0. The van der Waals surface area contributed by atoms with E-state index in [1.54, 1.807) is 14.2 Å². The van der Waals surface area contributed by atoms with Crippen LogP contribution in [-0.4, -0.2) is 29.1 Å². The van der Waals surface area contributed by atoms with E-state index in [9.17, 15) is 13.2 Å². The van der Waals surface area contributed by atoms with Crippen LogP contribution in [0.2, 0.25) is 6.04 Å². The maximum Gasteiger partial charge on any atom is 0.500 e. The topological polar surface area (TPSA) is 27.7 Å². The van der Waals surface area contributed by atoms with Gasteiger partial charge in [0.15, 0.2) is 17.5 Å². The highest BCUT2D eigenvalue weighted by atomic mass is 28.4. The molecule has 1 rings (SSSR count). The van der Waals surface area contributed by atoms with Gasteiger partial charge >= 0.3 is 8.80 Å². The molecule has 7 heteroatoms. The highest BCUT2D eigenvalue weighted by Gasteiger charge is 2.39. The summed E-state index contributed by atoms with van der Waals surface area (Å²) in [5.41, 5.74) is 0.479. The smallest absolute Gasteiger partial charge is 0.377 e. The van der Waals surface area contributed by atoms with Gasteiger partial charge in [0, 0.05) is 26.4 Å². The SMILES string of the molecule is CO[Si](CCCCCCc1cc(F)c(F)c(F)c1)(OC)OC(C)C. The van der Waals surface area contributed by atoms with Crippen molar-refractivity contribution in [2.45, 2.75) is 58.1 Å². The first kappa shape index (κ1) is 21.2. The molecule has 0 aliphatic heterocycles. The molecule has 0 saturated heterocycles. The third-order valence-electron chi connectivity index (χ3n) is 3.78. The minimum atomic E-state index is -2.59. The van der Waals surface area contributed by atoms with Gasteiger partial charge in [-0.2, -0.15) is 0 Å². The molecule has 138 valence electrons. The van der Waals surface area contributed by atoms with Crippen LogP contribution in [0.5, 0.6) is 0 Å². The standard InChI is InChI=1S/C17H27F3O3Si/c1-13(2)23-24(21-3,22-4)10-8-6-5-7-9-14-11-15(18)17(20)16(19)12-14/h11-13H,5-10H2,1-4H3. The third-order valence-corrected chi connectivity index (χ3v) is 6.82. The lowest BCUT2D eigenvalue weighted by Crippen LogP contribution is -2.45. The van der Waals surface area contributed by atoms with Crippen LogP contribution in [-0.2, 0) is 19.7 Å². The second-order valence-electron chi connectivity index (χ2n) is 6.05. The third kappa shape index (κ3) is 6.55. The second-order valence-corrected chi connectivity index (χ2v) is 8.96. The first-order chi connectivity index (χ1) is 11.3. The number of rotatable bonds is 11. The predicted molar refractivity (Wildman–Crippen MR) is 89.3 cm³/mol. The number of aryl methyl sites for hydroxylation is 1. The van der Waals surface area contributed by atoms with Gasteiger partial charge in [0.2, 0.25) is 0 Å². The first-order valence-corrected chi connectivity index (χ1v) is 10.2. The van der Waals surface area contributed by atoms with Crippen molar-refractivity contribution in [1.29, 1.82) is 0 Å². The van der Waals surface area contributed by atoms with Crippen LogP contribution in [0.25, 0.3) is 0 Å². The van der Waals surface area contributed by atoms with Crippen LogP contribution in [0.1, 0.15) is 45.1 Å². The Hall–Kier alpha value is -0.893. The summed E-state index contributed by atoms with van der Waals surface area (Å²) >= 11 is 0. The van der Waals surface area contributed by atoms with Gasteiger partial charge in [-0.05, 0) is 50.8 Å². The molecule has 0 bridgehead atoms. The molecule has 0 heterocycles. The van der Waals surface area contributed by atoms with E-state index < -0.39 is 26.3 Å². The Balaban J connectivity index is 2.33. The summed E-state index contributed by atoms with van der Waals surface area (Å²) in [5.74, 6) is -3.68. The summed E-state index contributed by atoms with van der Waals surface area (Å²) in [5, 5.41) is 0. The number of benzene rings is 1. The fourth-order valence-electron chi connectivity index (χ4n) is 2.58. The predicted octanol–water partition coefficient (Wildman–Crippen LogP) is 4.86. The molecule has 0 amide bonds. The Bertz CT molecular complexity index is 485. The van der Waals surface area contributed by atoms with E-state index in [-0.39, 0.29) is 6.10 Å². The van der Waals surface area contributed by atoms with Gasteiger partial charge in [0.1, 0.15) is 0 Å². The van der Waals surface area contributed by atoms with E-state index in [1.807, 2.05) is 13.8 Å². The summed E-state index contributed by atoms with van der Waals surface area (Å²) in [7, 11) is 0.621. The maximum absolute atomic E-state index is 13.1. The molecule has 0 N–H and O–H groups in total. The summed E-state index contributed by atoms with van der Waals surface area (Å²) in [6.45, 7) is 3.89. The van der Waals surface area contributed by atoms with Crippen LogP contribution in [0, 0.1) is 17.5 Å². The Morgan fingerprint density at radius 2 is 1.46 bits per heavy atom. The molecule has 1 aromatic rings. The van der Waals surface area contributed by atoms with Crippen LogP contribution in [0.4, 0.5) is 13.2 Å². The van der Waals surface area contributed by atoms with E-state index in [0.29, 0.717) is 12.0 Å². The van der Waals surface area contributed by atoms with Crippen molar-refractivity contribution >= 4 is 8.80 Å². The van der Waals surface area contributed by atoms with Crippen molar-refractivity contribution in [2.24, 2.45) is 0 Å². The van der Waals surface area contributed by atoms with Crippen molar-refractivity contribution < 1.29 is 26.4 Å². The average Bonchev–Trinajstić information content (AvgIpc) is 2.54. The molecule has 0 fully saturated rings. The monoisotopic (exact) mass is 364 g/mol. The van der Waals surface area contributed by atoms with Crippen molar-refractivity contribution in [3.63, 3.8) is 0 Å². The molecule has 0 aliphatic rings. The first-order valence-electron chi connectivity index (χ1n) is 8.25. The van der Waals surface area contributed by atoms with Gasteiger partial charge in [0.05, 0.1) is 0 Å². The van der Waals surface area contributed by atoms with Gasteiger partial charge in [0.25, 0.3) is 0 Å². The average molecular weight is 364 g/mol. The van der Waals surface area contributed by atoms with Crippen LogP contribution < -0.4 is 0 Å². The summed E-state index contributed by atoms with van der Waals surface area (Å²) in [4.78, 5) is 0. The molecule has 0 saturated carbocycles. The van der Waals surface area contributed by atoms with E-state index >= 15 is 0 Å². The number of hydrogen-bond acceptors (Lipinski definition) is 3. The van der Waals surface area contributed by atoms with Crippen molar-refractivity contribution in [3.05, 3.63) is 35.1 Å². The molecule has 0 atom stereocenters. The molecular weight excluding hydrogens is 337 g/mol. The maximum atomic E-state index is 13.1. The molecular formula is C17H27F3O3Si. The lowest BCUT2D eigenvalue weighted by Gasteiger charge is -2.28. The van der Waals surface area contributed by atoms with Crippen molar-refractivity contribution in [3.8, 4) is 0 Å². The Kier molecular flexibility index (Phi) is 8.97. The van der Waals surface area contributed by atoms with Gasteiger partial charge in [-0.25, -0.2) is 13.2 Å². The van der Waals surface area contributed by atoms with Gasteiger partial charge in [-0.3, -0.25) is 0 Å². The van der Waals surface area contributed by atoms with Crippen LogP contribution in [0.15, 0.2) is 12.1 Å². The number of halogens is 3. The van der Waals surface area contributed by atoms with E-state index in [4.69, 9.17) is 13.3 Å². The Morgan fingerprint density at radius 1 is 0.917 bits per heavy atom. The molecule has 0 aromatic heterocycles. The lowest BCUT2D eigenvalue weighted by molar-refractivity contribution is 0.0693. The summed E-state index contributed by atoms with van der Waals surface area (Å²) < 4.78 is 55.9. The van der Waals surface area contributed by atoms with Crippen LogP contribution >= 0.6 is 0 Å². The Labute approximate surface area is 143 Å². The number of unbranched alkanes of at least 4 members (excludes halogenated alkanes) is 3. The largest absolute Gasteiger partial charge is 0.500 e. The molecule has 3 nitrogen and oxygen atoms in total. The van der Waals surface area contributed by atoms with Crippen molar-refractivity contribution in [2.75, 3.05) is 14.2 Å². The zero-order valence-electron chi connectivity index (χ0n) is 14.8. The molecule has 0 spiro atoms. The Morgan fingerprint density at radius 3 is 1.96 bits per heavy atom. The minimum absolute atomic E-state index is 0.0415. The van der Waals surface area contributed by atoms with E-state index in [2.05, 4.69) is 0 Å². The minimum Gasteiger partial charge on any atom is -0.377 e. The molecule has 24 heavy (non-hydrogen) atoms. The molecule has 1 aromatic carbocycles. The van der Waals surface area contributed by atoms with Gasteiger partial charge in [-0.15, -0.1) is 0 Å². The van der Waals surface area contributed by atoms with E-state index in [1.165, 1.54) is 0 Å². The zero-order chi connectivity index (χ0) is 18.2. The highest BCUT2D eigenvalue weighted by Crippen LogP contribution is 2.21. The normalized spacial score (nSPS) is 12.2. The van der Waals surface area contributed by atoms with Gasteiger partial charge in [-0.1, -0.05) is 12.8 Å². The fraction of sp³-hybridized carbons (Fsp3) is 0.647. The second kappa shape index (κ2) is 10.2. The molecule has 0 radical (unpaired) electrons. The molecule has 0 unspecified atom stereocenters. The summed E-state index contributed by atoms with van der Waals surface area (Å²) in [6.07, 6.45) is 4.08. The van der Waals surface area contributed by atoms with Crippen LogP contribution in [0.3, 0.4) is 0 Å².